The predicted molar refractivity (Wildman–Crippen MR) is 123 cm³/mol. The summed E-state index contributed by atoms with van der Waals surface area (Å²) in [5.74, 6) is -3.80. The number of hydrogen-bond donors (Lipinski definition) is 1. The Morgan fingerprint density at radius 3 is 2.83 bits per heavy atom. The minimum absolute atomic E-state index is 0.0960. The van der Waals surface area contributed by atoms with Crippen molar-refractivity contribution in [1.29, 1.82) is 0 Å². The predicted octanol–water partition coefficient (Wildman–Crippen LogP) is 4.58. The summed E-state index contributed by atoms with van der Waals surface area (Å²) in [6, 6.07) is 5.66. The van der Waals surface area contributed by atoms with Crippen molar-refractivity contribution in [3.63, 3.8) is 0 Å². The first-order chi connectivity index (χ1) is 16.8. The first kappa shape index (κ1) is 22.4. The highest BCUT2D eigenvalue weighted by molar-refractivity contribution is 5.96. The maximum absolute atomic E-state index is 15.1. The molecular weight excluding hydrogens is 454 g/mol. The van der Waals surface area contributed by atoms with Crippen molar-refractivity contribution in [3.8, 4) is 11.3 Å². The van der Waals surface area contributed by atoms with Gasteiger partial charge < -0.3 is 14.5 Å². The van der Waals surface area contributed by atoms with E-state index in [9.17, 15) is 4.79 Å². The lowest BCUT2D eigenvalue weighted by atomic mass is 9.59. The van der Waals surface area contributed by atoms with Gasteiger partial charge in [-0.15, -0.1) is 0 Å². The van der Waals surface area contributed by atoms with Gasteiger partial charge in [-0.3, -0.25) is 14.5 Å². The SMILES string of the molecule is CC(F)(F)c1c(C(=O)NC[C@@H]2CCCO2)oc2c1-c1nn(Cc3ccccn3)cc1C1(CCC1)C2. The molecule has 4 heterocycles. The monoisotopic (exact) mass is 482 g/mol. The Balaban J connectivity index is 1.41. The molecule has 35 heavy (non-hydrogen) atoms. The molecule has 3 aliphatic rings. The molecule has 0 unspecified atom stereocenters. The summed E-state index contributed by atoms with van der Waals surface area (Å²) in [7, 11) is 0. The molecule has 7 nitrogen and oxygen atoms in total. The van der Waals surface area contributed by atoms with Crippen LogP contribution in [0.1, 0.15) is 72.2 Å². The van der Waals surface area contributed by atoms with Crippen LogP contribution in [0.2, 0.25) is 0 Å². The highest BCUT2D eigenvalue weighted by atomic mass is 19.3. The van der Waals surface area contributed by atoms with Gasteiger partial charge in [0.25, 0.3) is 11.8 Å². The van der Waals surface area contributed by atoms with Gasteiger partial charge in [-0.05, 0) is 37.8 Å². The highest BCUT2D eigenvalue weighted by Crippen LogP contribution is 2.56. The van der Waals surface area contributed by atoms with Gasteiger partial charge in [0.1, 0.15) is 11.5 Å². The molecule has 1 saturated carbocycles. The number of rotatable bonds is 6. The lowest BCUT2D eigenvalue weighted by molar-refractivity contribution is 0.0158. The van der Waals surface area contributed by atoms with Crippen molar-refractivity contribution < 1.29 is 22.7 Å². The third-order valence-electron chi connectivity index (χ3n) is 7.57. The van der Waals surface area contributed by atoms with Crippen molar-refractivity contribution in [2.75, 3.05) is 13.2 Å². The van der Waals surface area contributed by atoms with Crippen LogP contribution in [0, 0.1) is 0 Å². The number of halogens is 2. The number of alkyl halides is 2. The molecule has 2 aliphatic carbocycles. The first-order valence-electron chi connectivity index (χ1n) is 12.3. The van der Waals surface area contributed by atoms with Crippen molar-refractivity contribution in [2.24, 2.45) is 0 Å². The summed E-state index contributed by atoms with van der Waals surface area (Å²) in [5.41, 5.74) is 2.00. The molecule has 6 rings (SSSR count). The van der Waals surface area contributed by atoms with Crippen molar-refractivity contribution in [2.45, 2.75) is 69.4 Å². The van der Waals surface area contributed by atoms with Crippen LogP contribution >= 0.6 is 0 Å². The van der Waals surface area contributed by atoms with Gasteiger partial charge in [-0.25, -0.2) is 8.78 Å². The number of ether oxygens (including phenoxy) is 1. The molecule has 184 valence electrons. The van der Waals surface area contributed by atoms with Gasteiger partial charge in [-0.2, -0.15) is 5.10 Å². The van der Waals surface area contributed by atoms with Crippen LogP contribution in [0.4, 0.5) is 8.78 Å². The van der Waals surface area contributed by atoms with E-state index in [1.54, 1.807) is 10.9 Å². The number of pyridine rings is 1. The Kier molecular flexibility index (Phi) is 5.28. The number of hydrogen-bond acceptors (Lipinski definition) is 5. The average Bonchev–Trinajstić information content (AvgIpc) is 3.53. The maximum Gasteiger partial charge on any atom is 0.287 e. The number of carbonyl (C=O) groups excluding carboxylic acids is 1. The normalized spacial score (nSPS) is 20.4. The molecule has 1 N–H and O–H groups in total. The zero-order valence-corrected chi connectivity index (χ0v) is 19.7. The third-order valence-corrected chi connectivity index (χ3v) is 7.57. The molecule has 2 fully saturated rings. The largest absolute Gasteiger partial charge is 0.455 e. The Morgan fingerprint density at radius 2 is 2.17 bits per heavy atom. The van der Waals surface area contributed by atoms with Gasteiger partial charge in [0, 0.05) is 49.9 Å². The van der Waals surface area contributed by atoms with Crippen molar-refractivity contribution in [3.05, 3.63) is 58.9 Å². The second-order valence-electron chi connectivity index (χ2n) is 10.1. The molecule has 1 aliphatic heterocycles. The molecule has 1 atom stereocenters. The fourth-order valence-electron chi connectivity index (χ4n) is 5.71. The van der Waals surface area contributed by atoms with Gasteiger partial charge in [0.15, 0.2) is 0 Å². The minimum Gasteiger partial charge on any atom is -0.455 e. The number of aromatic nitrogens is 3. The van der Waals surface area contributed by atoms with Gasteiger partial charge >= 0.3 is 0 Å². The van der Waals surface area contributed by atoms with E-state index in [1.807, 2.05) is 24.4 Å². The third kappa shape index (κ3) is 3.86. The van der Waals surface area contributed by atoms with Crippen LogP contribution in [0.15, 0.2) is 35.0 Å². The Labute approximate surface area is 201 Å². The molecular formula is C26H28F2N4O3. The van der Waals surface area contributed by atoms with Gasteiger partial charge in [0.05, 0.1) is 29.5 Å². The zero-order valence-electron chi connectivity index (χ0n) is 19.7. The van der Waals surface area contributed by atoms with E-state index >= 15 is 8.78 Å². The number of furan rings is 1. The van der Waals surface area contributed by atoms with E-state index in [0.717, 1.165) is 50.3 Å². The van der Waals surface area contributed by atoms with Crippen LogP contribution < -0.4 is 5.32 Å². The zero-order chi connectivity index (χ0) is 24.2. The van der Waals surface area contributed by atoms with E-state index in [4.69, 9.17) is 14.3 Å². The minimum atomic E-state index is -3.28. The summed E-state index contributed by atoms with van der Waals surface area (Å²) in [6.45, 7) is 2.17. The summed E-state index contributed by atoms with van der Waals surface area (Å²) in [6.07, 6.45) is 8.79. The topological polar surface area (TPSA) is 82.2 Å². The summed E-state index contributed by atoms with van der Waals surface area (Å²) in [5, 5.41) is 7.50. The first-order valence-corrected chi connectivity index (χ1v) is 12.3. The van der Waals surface area contributed by atoms with Crippen molar-refractivity contribution in [1.82, 2.24) is 20.1 Å². The smallest absolute Gasteiger partial charge is 0.287 e. The Morgan fingerprint density at radius 1 is 1.31 bits per heavy atom. The van der Waals surface area contributed by atoms with Crippen LogP contribution in [-0.2, 0) is 29.0 Å². The molecule has 1 spiro atoms. The number of carbonyl (C=O) groups is 1. The lowest BCUT2D eigenvalue weighted by Gasteiger charge is -2.43. The van der Waals surface area contributed by atoms with Crippen LogP contribution in [-0.4, -0.2) is 39.9 Å². The molecule has 0 aromatic carbocycles. The number of nitrogens with one attached hydrogen (secondary N) is 1. The second-order valence-corrected chi connectivity index (χ2v) is 10.1. The summed E-state index contributed by atoms with van der Waals surface area (Å²) >= 11 is 0. The fourth-order valence-corrected chi connectivity index (χ4v) is 5.71. The summed E-state index contributed by atoms with van der Waals surface area (Å²) < 4.78 is 43.4. The molecule has 0 radical (unpaired) electrons. The Hall–Kier alpha value is -3.07. The molecule has 3 aromatic heterocycles. The number of fused-ring (bicyclic) bond motifs is 4. The lowest BCUT2D eigenvalue weighted by Crippen LogP contribution is -2.38. The number of amides is 1. The Bertz CT molecular complexity index is 1250. The van der Waals surface area contributed by atoms with E-state index < -0.39 is 11.8 Å². The van der Waals surface area contributed by atoms with Crippen molar-refractivity contribution >= 4 is 5.91 Å². The molecule has 9 heteroatoms. The average molecular weight is 483 g/mol. The quantitative estimate of drug-likeness (QED) is 0.556. The molecule has 1 amide bonds. The maximum atomic E-state index is 15.1. The van der Waals surface area contributed by atoms with Gasteiger partial charge in [-0.1, -0.05) is 12.5 Å². The van der Waals surface area contributed by atoms with Crippen LogP contribution in [0.3, 0.4) is 0 Å². The summed E-state index contributed by atoms with van der Waals surface area (Å²) in [4.78, 5) is 17.4. The van der Waals surface area contributed by atoms with E-state index in [1.165, 1.54) is 0 Å². The van der Waals surface area contributed by atoms with Crippen LogP contribution in [0.5, 0.6) is 0 Å². The standard InChI is InChI=1S/C26H28F2N4O3/c1-25(27,28)21-20-19(35-23(21)24(33)30-13-17-7-4-11-34-17)12-26(8-5-9-26)18-15-32(31-22(18)20)14-16-6-2-3-10-29-16/h2-3,6,10,15,17H,4-5,7-9,11-14H2,1H3,(H,30,33)/t17-/m0/s1. The van der Waals surface area contributed by atoms with E-state index in [-0.39, 0.29) is 35.0 Å². The second kappa shape index (κ2) is 8.26. The number of nitrogens with zero attached hydrogens (tertiary/aromatic N) is 3. The molecule has 3 aromatic rings. The van der Waals surface area contributed by atoms with E-state index in [2.05, 4.69) is 10.3 Å². The van der Waals surface area contributed by atoms with E-state index in [0.29, 0.717) is 31.0 Å². The molecule has 1 saturated heterocycles. The van der Waals surface area contributed by atoms with Gasteiger partial charge in [0.2, 0.25) is 5.76 Å². The fraction of sp³-hybridized carbons (Fsp3) is 0.500. The van der Waals surface area contributed by atoms with Crippen LogP contribution in [0.25, 0.3) is 11.3 Å². The molecule has 0 bridgehead atoms. The highest BCUT2D eigenvalue weighted by Gasteiger charge is 2.50.